The Morgan fingerprint density at radius 1 is 1.69 bits per heavy atom. The molecular formula is C8H14N4O3S. The van der Waals surface area contributed by atoms with Crippen LogP contribution in [0.2, 0.25) is 0 Å². The maximum Gasteiger partial charge on any atom is 0.260 e. The molecule has 0 radical (unpaired) electrons. The molecule has 1 aliphatic rings. The van der Waals surface area contributed by atoms with E-state index in [0.717, 1.165) is 0 Å². The second kappa shape index (κ2) is 3.44. The second-order valence-corrected chi connectivity index (χ2v) is 5.69. The summed E-state index contributed by atoms with van der Waals surface area (Å²) in [6.45, 7) is -0.204. The van der Waals surface area contributed by atoms with Gasteiger partial charge in [0.1, 0.15) is 0 Å². The molecule has 1 heterocycles. The van der Waals surface area contributed by atoms with Gasteiger partial charge in [-0.2, -0.15) is 0 Å². The van der Waals surface area contributed by atoms with Crippen LogP contribution in [0.25, 0.3) is 0 Å². The maximum atomic E-state index is 12.0. The number of anilines is 1. The van der Waals surface area contributed by atoms with Crippen molar-refractivity contribution >= 4 is 15.8 Å². The number of nitrogen functional groups attached to an aromatic ring is 1. The number of rotatable bonds is 4. The van der Waals surface area contributed by atoms with Gasteiger partial charge in [0.15, 0.2) is 10.8 Å². The molecule has 0 spiro atoms. The lowest BCUT2D eigenvalue weighted by molar-refractivity contribution is 0.246. The highest BCUT2D eigenvalue weighted by Gasteiger charge is 2.46. The Balaban J connectivity index is 2.33. The van der Waals surface area contributed by atoms with Gasteiger partial charge in [-0.05, 0) is 12.8 Å². The van der Waals surface area contributed by atoms with E-state index >= 15 is 0 Å². The normalized spacial score (nSPS) is 18.6. The third-order valence-corrected chi connectivity index (χ3v) is 4.38. The molecule has 8 heteroatoms. The van der Waals surface area contributed by atoms with Gasteiger partial charge in [0.25, 0.3) is 10.0 Å². The number of nitrogens with zero attached hydrogens (tertiary/aromatic N) is 2. The van der Waals surface area contributed by atoms with Crippen LogP contribution >= 0.6 is 0 Å². The number of hydrogen-bond donors (Lipinski definition) is 3. The number of aliphatic hydroxyl groups excluding tert-OH is 1. The van der Waals surface area contributed by atoms with Crippen LogP contribution in [0, 0.1) is 0 Å². The molecule has 0 unspecified atom stereocenters. The molecule has 0 aromatic carbocycles. The van der Waals surface area contributed by atoms with Crippen molar-refractivity contribution in [2.45, 2.75) is 23.4 Å². The molecule has 1 saturated carbocycles. The Morgan fingerprint density at radius 2 is 2.31 bits per heavy atom. The standard InChI is InChI=1S/C8H14N4O3S/c1-12-5-10-6(9)7(12)16(14,15)11-8(4-13)2-3-8/h5,11,13H,2-4,9H2,1H3. The van der Waals surface area contributed by atoms with Gasteiger partial charge in [-0.15, -0.1) is 0 Å². The Kier molecular flexibility index (Phi) is 2.44. The topological polar surface area (TPSA) is 110 Å². The van der Waals surface area contributed by atoms with Crippen LogP contribution in [-0.2, 0) is 17.1 Å². The number of nitrogens with one attached hydrogen (secondary N) is 1. The zero-order valence-corrected chi connectivity index (χ0v) is 9.66. The van der Waals surface area contributed by atoms with E-state index in [1.54, 1.807) is 7.05 Å². The number of nitrogens with two attached hydrogens (primary N) is 1. The van der Waals surface area contributed by atoms with Crippen LogP contribution in [0.5, 0.6) is 0 Å². The first-order chi connectivity index (χ1) is 7.40. The van der Waals surface area contributed by atoms with E-state index in [2.05, 4.69) is 9.71 Å². The molecule has 0 bridgehead atoms. The molecule has 0 saturated heterocycles. The first-order valence-electron chi connectivity index (χ1n) is 4.82. The highest BCUT2D eigenvalue weighted by atomic mass is 32.2. The summed E-state index contributed by atoms with van der Waals surface area (Å²) in [5.41, 5.74) is 4.80. The quantitative estimate of drug-likeness (QED) is 0.618. The fourth-order valence-corrected chi connectivity index (χ4v) is 3.23. The van der Waals surface area contributed by atoms with E-state index in [1.165, 1.54) is 10.9 Å². The van der Waals surface area contributed by atoms with Gasteiger partial charge in [-0.1, -0.05) is 0 Å². The SMILES string of the molecule is Cn1cnc(N)c1S(=O)(=O)NC1(CO)CC1. The number of sulfonamides is 1. The summed E-state index contributed by atoms with van der Waals surface area (Å²) < 4.78 is 27.8. The van der Waals surface area contributed by atoms with Crippen LogP contribution in [0.15, 0.2) is 11.4 Å². The van der Waals surface area contributed by atoms with Gasteiger partial charge in [-0.3, -0.25) is 0 Å². The maximum absolute atomic E-state index is 12.0. The molecule has 2 rings (SSSR count). The van der Waals surface area contributed by atoms with E-state index in [-0.39, 0.29) is 17.5 Å². The molecule has 90 valence electrons. The lowest BCUT2D eigenvalue weighted by Crippen LogP contribution is -2.40. The van der Waals surface area contributed by atoms with E-state index in [9.17, 15) is 8.42 Å². The van der Waals surface area contributed by atoms with Crippen LogP contribution in [0.1, 0.15) is 12.8 Å². The van der Waals surface area contributed by atoms with Gasteiger partial charge in [0.05, 0.1) is 18.5 Å². The van der Waals surface area contributed by atoms with Gasteiger partial charge in [0, 0.05) is 7.05 Å². The van der Waals surface area contributed by atoms with Crippen LogP contribution in [0.4, 0.5) is 5.82 Å². The van der Waals surface area contributed by atoms with E-state index < -0.39 is 15.6 Å². The predicted molar refractivity (Wildman–Crippen MR) is 57.0 cm³/mol. The van der Waals surface area contributed by atoms with E-state index in [1.807, 2.05) is 0 Å². The van der Waals surface area contributed by atoms with Crippen molar-refractivity contribution in [3.05, 3.63) is 6.33 Å². The molecule has 0 amide bonds. The van der Waals surface area contributed by atoms with Gasteiger partial charge in [0.2, 0.25) is 0 Å². The molecule has 4 N–H and O–H groups in total. The first kappa shape index (κ1) is 11.4. The zero-order chi connectivity index (χ0) is 12.0. The fraction of sp³-hybridized carbons (Fsp3) is 0.625. The summed E-state index contributed by atoms with van der Waals surface area (Å²) in [6.07, 6.45) is 2.61. The van der Waals surface area contributed by atoms with Crippen molar-refractivity contribution in [1.82, 2.24) is 14.3 Å². The summed E-state index contributed by atoms with van der Waals surface area (Å²) in [5, 5.41) is 9.01. The van der Waals surface area contributed by atoms with Crippen molar-refractivity contribution in [3.8, 4) is 0 Å². The van der Waals surface area contributed by atoms with E-state index in [4.69, 9.17) is 10.8 Å². The molecule has 1 aromatic rings. The minimum atomic E-state index is -3.72. The molecule has 1 aliphatic carbocycles. The number of aliphatic hydroxyl groups is 1. The summed E-state index contributed by atoms with van der Waals surface area (Å²) in [4.78, 5) is 3.72. The minimum Gasteiger partial charge on any atom is -0.394 e. The summed E-state index contributed by atoms with van der Waals surface area (Å²) in [6, 6.07) is 0. The third-order valence-electron chi connectivity index (χ3n) is 2.67. The summed E-state index contributed by atoms with van der Waals surface area (Å²) in [5.74, 6) is -0.0382. The van der Waals surface area contributed by atoms with Crippen molar-refractivity contribution in [2.24, 2.45) is 7.05 Å². The van der Waals surface area contributed by atoms with Crippen molar-refractivity contribution in [2.75, 3.05) is 12.3 Å². The van der Waals surface area contributed by atoms with Crippen molar-refractivity contribution in [1.29, 1.82) is 0 Å². The first-order valence-corrected chi connectivity index (χ1v) is 6.30. The highest BCUT2D eigenvalue weighted by molar-refractivity contribution is 7.89. The van der Waals surface area contributed by atoms with Gasteiger partial charge < -0.3 is 15.4 Å². The molecule has 16 heavy (non-hydrogen) atoms. The molecule has 7 nitrogen and oxygen atoms in total. The summed E-state index contributed by atoms with van der Waals surface area (Å²) >= 11 is 0. The Labute approximate surface area is 93.3 Å². The molecule has 0 aliphatic heterocycles. The van der Waals surface area contributed by atoms with Gasteiger partial charge >= 0.3 is 0 Å². The van der Waals surface area contributed by atoms with Crippen molar-refractivity contribution in [3.63, 3.8) is 0 Å². The fourth-order valence-electron chi connectivity index (χ4n) is 1.54. The van der Waals surface area contributed by atoms with Crippen LogP contribution < -0.4 is 10.5 Å². The second-order valence-electron chi connectivity index (χ2n) is 4.09. The third kappa shape index (κ3) is 1.79. The van der Waals surface area contributed by atoms with E-state index in [0.29, 0.717) is 12.8 Å². The number of aryl methyl sites for hydroxylation is 1. The minimum absolute atomic E-state index is 0.0382. The van der Waals surface area contributed by atoms with Crippen LogP contribution in [-0.4, -0.2) is 35.2 Å². The summed E-state index contributed by atoms with van der Waals surface area (Å²) in [7, 11) is -2.17. The lowest BCUT2D eigenvalue weighted by atomic mass is 10.3. The monoisotopic (exact) mass is 246 g/mol. The highest BCUT2D eigenvalue weighted by Crippen LogP contribution is 2.36. The molecule has 0 atom stereocenters. The Bertz CT molecular complexity index is 484. The average Bonchev–Trinajstić information content (AvgIpc) is 2.86. The molecular weight excluding hydrogens is 232 g/mol. The number of imidazole rings is 1. The van der Waals surface area contributed by atoms with Crippen LogP contribution in [0.3, 0.4) is 0 Å². The number of aromatic nitrogens is 2. The van der Waals surface area contributed by atoms with Crippen molar-refractivity contribution < 1.29 is 13.5 Å². The largest absolute Gasteiger partial charge is 0.394 e. The predicted octanol–water partition coefficient (Wildman–Crippen LogP) is -1.19. The zero-order valence-electron chi connectivity index (χ0n) is 8.84. The average molecular weight is 246 g/mol. The lowest BCUT2D eigenvalue weighted by Gasteiger charge is -2.14. The molecule has 1 fully saturated rings. The Morgan fingerprint density at radius 3 is 2.69 bits per heavy atom. The smallest absolute Gasteiger partial charge is 0.260 e. The number of hydrogen-bond acceptors (Lipinski definition) is 5. The molecule has 1 aromatic heterocycles. The van der Waals surface area contributed by atoms with Gasteiger partial charge in [-0.25, -0.2) is 18.1 Å². The Hall–Kier alpha value is -1.12.